The van der Waals surface area contributed by atoms with Gasteiger partial charge in [0.2, 0.25) is 0 Å². The Morgan fingerprint density at radius 2 is 1.89 bits per heavy atom. The topological polar surface area (TPSA) is 46.2 Å². The van der Waals surface area contributed by atoms with Crippen LogP contribution in [0.3, 0.4) is 0 Å². The van der Waals surface area contributed by atoms with Crippen LogP contribution in [-0.2, 0) is 16.0 Å². The van der Waals surface area contributed by atoms with Gasteiger partial charge in [0.1, 0.15) is 0 Å². The Labute approximate surface area is 109 Å². The minimum atomic E-state index is -4.48. The largest absolute Gasteiger partial charge is 0.416 e. The summed E-state index contributed by atoms with van der Waals surface area (Å²) in [4.78, 5) is -0.0638. The molecule has 0 atom stereocenters. The third kappa shape index (κ3) is 2.86. The van der Waals surface area contributed by atoms with E-state index in [4.69, 9.17) is 0 Å². The normalized spacial score (nSPS) is 21.1. The first kappa shape index (κ1) is 14.2. The molecular formula is C12H14F3NO2S. The van der Waals surface area contributed by atoms with Crippen LogP contribution in [0.15, 0.2) is 23.1 Å². The van der Waals surface area contributed by atoms with E-state index in [0.717, 1.165) is 18.2 Å². The summed E-state index contributed by atoms with van der Waals surface area (Å²) < 4.78 is 62.2. The predicted molar refractivity (Wildman–Crippen MR) is 65.8 cm³/mol. The van der Waals surface area contributed by atoms with Crippen molar-refractivity contribution in [1.82, 2.24) is 0 Å². The van der Waals surface area contributed by atoms with Crippen molar-refractivity contribution in [2.45, 2.75) is 24.9 Å². The Bertz CT molecular complexity index is 606. The maximum atomic E-state index is 12.6. The summed E-state index contributed by atoms with van der Waals surface area (Å²) in [5, 5.41) is 2.80. The number of rotatable bonds is 0. The molecule has 1 heterocycles. The molecule has 0 radical (unpaired) electrons. The molecule has 0 saturated heterocycles. The predicted octanol–water partition coefficient (Wildman–Crippen LogP) is 2.93. The van der Waals surface area contributed by atoms with Gasteiger partial charge in [0, 0.05) is 6.54 Å². The van der Waals surface area contributed by atoms with E-state index >= 15 is 0 Å². The summed E-state index contributed by atoms with van der Waals surface area (Å²) in [5.41, 5.74) is -1.36. The van der Waals surface area contributed by atoms with Crippen molar-refractivity contribution in [3.63, 3.8) is 0 Å². The summed E-state index contributed by atoms with van der Waals surface area (Å²) in [6, 6.07) is 2.69. The number of anilines is 1. The SMILES string of the molecule is CC1(C)CNc2cc(C(F)(F)F)ccc2S(=O)(=O)C1. The van der Waals surface area contributed by atoms with Crippen LogP contribution >= 0.6 is 0 Å². The highest BCUT2D eigenvalue weighted by molar-refractivity contribution is 7.91. The van der Waals surface area contributed by atoms with Gasteiger partial charge < -0.3 is 5.32 Å². The monoisotopic (exact) mass is 293 g/mol. The van der Waals surface area contributed by atoms with E-state index in [-0.39, 0.29) is 16.3 Å². The Morgan fingerprint density at radius 3 is 2.47 bits per heavy atom. The molecule has 7 heteroatoms. The van der Waals surface area contributed by atoms with Crippen LogP contribution in [0.4, 0.5) is 18.9 Å². The molecule has 0 saturated carbocycles. The van der Waals surface area contributed by atoms with E-state index < -0.39 is 27.0 Å². The van der Waals surface area contributed by atoms with E-state index in [1.165, 1.54) is 0 Å². The van der Waals surface area contributed by atoms with Crippen molar-refractivity contribution in [3.05, 3.63) is 23.8 Å². The molecule has 1 aromatic rings. The molecule has 0 bridgehead atoms. The Hall–Kier alpha value is -1.24. The second kappa shape index (κ2) is 4.13. The molecule has 19 heavy (non-hydrogen) atoms. The summed E-state index contributed by atoms with van der Waals surface area (Å²) in [6.07, 6.45) is -4.48. The van der Waals surface area contributed by atoms with Crippen LogP contribution in [-0.4, -0.2) is 20.7 Å². The maximum absolute atomic E-state index is 12.6. The molecule has 106 valence electrons. The summed E-state index contributed by atoms with van der Waals surface area (Å²) >= 11 is 0. The number of alkyl halides is 3. The van der Waals surface area contributed by atoms with E-state index in [2.05, 4.69) is 5.32 Å². The Morgan fingerprint density at radius 1 is 1.26 bits per heavy atom. The molecule has 1 aliphatic heterocycles. The highest BCUT2D eigenvalue weighted by Crippen LogP contribution is 2.37. The number of fused-ring (bicyclic) bond motifs is 1. The van der Waals surface area contributed by atoms with Gasteiger partial charge in [0.15, 0.2) is 9.84 Å². The highest BCUT2D eigenvalue weighted by Gasteiger charge is 2.36. The van der Waals surface area contributed by atoms with Crippen LogP contribution in [0.5, 0.6) is 0 Å². The lowest BCUT2D eigenvalue weighted by Gasteiger charge is -2.21. The van der Waals surface area contributed by atoms with Gasteiger partial charge in [0.05, 0.1) is 21.9 Å². The fraction of sp³-hybridized carbons (Fsp3) is 0.500. The second-order valence-corrected chi connectivity index (χ2v) is 7.44. The first-order valence-electron chi connectivity index (χ1n) is 5.69. The Kier molecular flexibility index (Phi) is 3.08. The quantitative estimate of drug-likeness (QED) is 0.800. The number of hydrogen-bond acceptors (Lipinski definition) is 3. The van der Waals surface area contributed by atoms with Gasteiger partial charge in [-0.3, -0.25) is 0 Å². The molecule has 0 aliphatic carbocycles. The van der Waals surface area contributed by atoms with Gasteiger partial charge in [-0.2, -0.15) is 13.2 Å². The van der Waals surface area contributed by atoms with Gasteiger partial charge in [-0.1, -0.05) is 13.8 Å². The zero-order valence-corrected chi connectivity index (χ0v) is 11.3. The minimum Gasteiger partial charge on any atom is -0.383 e. The molecule has 1 N–H and O–H groups in total. The van der Waals surface area contributed by atoms with Crippen molar-refractivity contribution in [2.24, 2.45) is 5.41 Å². The molecule has 1 aromatic carbocycles. The fourth-order valence-corrected chi connectivity index (χ4v) is 4.12. The first-order valence-corrected chi connectivity index (χ1v) is 7.34. The second-order valence-electron chi connectivity index (χ2n) is 5.49. The van der Waals surface area contributed by atoms with Crippen LogP contribution in [0.2, 0.25) is 0 Å². The van der Waals surface area contributed by atoms with Crippen molar-refractivity contribution >= 4 is 15.5 Å². The standard InChI is InChI=1S/C12H14F3NO2S/c1-11(2)6-16-9-5-8(12(13,14)15)3-4-10(9)19(17,18)7-11/h3-5,16H,6-7H2,1-2H3. The molecule has 3 nitrogen and oxygen atoms in total. The smallest absolute Gasteiger partial charge is 0.383 e. The molecule has 0 spiro atoms. The zero-order chi connectivity index (χ0) is 14.5. The van der Waals surface area contributed by atoms with Gasteiger partial charge in [-0.05, 0) is 23.6 Å². The van der Waals surface area contributed by atoms with Crippen LogP contribution < -0.4 is 5.32 Å². The first-order chi connectivity index (χ1) is 8.51. The van der Waals surface area contributed by atoms with E-state index in [9.17, 15) is 21.6 Å². The number of hydrogen-bond donors (Lipinski definition) is 1. The van der Waals surface area contributed by atoms with Crippen molar-refractivity contribution < 1.29 is 21.6 Å². The van der Waals surface area contributed by atoms with Crippen LogP contribution in [0.25, 0.3) is 0 Å². The van der Waals surface area contributed by atoms with Gasteiger partial charge >= 0.3 is 6.18 Å². The lowest BCUT2D eigenvalue weighted by Crippen LogP contribution is -2.28. The van der Waals surface area contributed by atoms with Crippen molar-refractivity contribution in [1.29, 1.82) is 0 Å². The maximum Gasteiger partial charge on any atom is 0.416 e. The third-order valence-corrected chi connectivity index (χ3v) is 5.17. The Balaban J connectivity index is 2.57. The van der Waals surface area contributed by atoms with Gasteiger partial charge in [-0.25, -0.2) is 8.42 Å². The van der Waals surface area contributed by atoms with Gasteiger partial charge in [-0.15, -0.1) is 0 Å². The van der Waals surface area contributed by atoms with Crippen molar-refractivity contribution in [3.8, 4) is 0 Å². The molecule has 0 fully saturated rings. The highest BCUT2D eigenvalue weighted by atomic mass is 32.2. The van der Waals surface area contributed by atoms with Gasteiger partial charge in [0.25, 0.3) is 0 Å². The average Bonchev–Trinajstić information content (AvgIpc) is 2.31. The molecule has 0 unspecified atom stereocenters. The summed E-state index contributed by atoms with van der Waals surface area (Å²) in [7, 11) is -3.58. The molecular weight excluding hydrogens is 279 g/mol. The number of benzene rings is 1. The van der Waals surface area contributed by atoms with E-state index in [1.54, 1.807) is 13.8 Å². The third-order valence-electron chi connectivity index (χ3n) is 2.98. The molecule has 2 rings (SSSR count). The van der Waals surface area contributed by atoms with Crippen LogP contribution in [0, 0.1) is 5.41 Å². The zero-order valence-electron chi connectivity index (χ0n) is 10.5. The number of halogens is 3. The van der Waals surface area contributed by atoms with Crippen LogP contribution in [0.1, 0.15) is 19.4 Å². The molecule has 0 amide bonds. The lowest BCUT2D eigenvalue weighted by molar-refractivity contribution is -0.137. The summed E-state index contributed by atoms with van der Waals surface area (Å²) in [5.74, 6) is -0.0919. The fourth-order valence-electron chi connectivity index (χ4n) is 2.09. The van der Waals surface area contributed by atoms with E-state index in [1.807, 2.05) is 0 Å². The summed E-state index contributed by atoms with van der Waals surface area (Å²) in [6.45, 7) is 3.82. The van der Waals surface area contributed by atoms with Crippen molar-refractivity contribution in [2.75, 3.05) is 17.6 Å². The average molecular weight is 293 g/mol. The molecule has 1 aliphatic rings. The molecule has 0 aromatic heterocycles. The lowest BCUT2D eigenvalue weighted by atomic mass is 9.96. The number of nitrogens with one attached hydrogen (secondary N) is 1. The minimum absolute atomic E-state index is 0.0281. The number of sulfone groups is 1. The van der Waals surface area contributed by atoms with E-state index in [0.29, 0.717) is 6.54 Å².